The molecule has 5 heteroatoms. The molecular formula is C15H14N4O. The molecule has 1 saturated carbocycles. The first kappa shape index (κ1) is 11.5. The van der Waals surface area contributed by atoms with Gasteiger partial charge < -0.3 is 10.3 Å². The van der Waals surface area contributed by atoms with Crippen LogP contribution in [0, 0.1) is 5.92 Å². The van der Waals surface area contributed by atoms with Crippen molar-refractivity contribution in [1.82, 2.24) is 15.1 Å². The standard InChI is InChI=1S/C15H14N4O/c16-12(10-5-6-10)15-18-14(19-20-15)13-11-4-2-1-3-9(11)7-8-17-13/h1-4,7-8,10,12H,5-6,16H2. The number of rotatable bonds is 3. The number of nitrogens with two attached hydrogens (primary N) is 1. The zero-order valence-corrected chi connectivity index (χ0v) is 10.9. The third kappa shape index (κ3) is 1.87. The molecule has 0 radical (unpaired) electrons. The van der Waals surface area contributed by atoms with Gasteiger partial charge in [0.05, 0.1) is 6.04 Å². The molecule has 2 heterocycles. The molecule has 20 heavy (non-hydrogen) atoms. The van der Waals surface area contributed by atoms with Crippen LogP contribution in [-0.2, 0) is 0 Å². The molecule has 2 N–H and O–H groups in total. The highest BCUT2D eigenvalue weighted by Crippen LogP contribution is 2.39. The van der Waals surface area contributed by atoms with Crippen LogP contribution in [0.25, 0.3) is 22.3 Å². The van der Waals surface area contributed by atoms with Crippen molar-refractivity contribution in [3.8, 4) is 11.5 Å². The summed E-state index contributed by atoms with van der Waals surface area (Å²) >= 11 is 0. The summed E-state index contributed by atoms with van der Waals surface area (Å²) in [6.07, 6.45) is 4.05. The lowest BCUT2D eigenvalue weighted by Gasteiger charge is -2.02. The Kier molecular flexibility index (Phi) is 2.53. The molecule has 0 spiro atoms. The first-order valence-corrected chi connectivity index (χ1v) is 6.76. The predicted octanol–water partition coefficient (Wildman–Crippen LogP) is 2.69. The quantitative estimate of drug-likeness (QED) is 0.788. The van der Waals surface area contributed by atoms with Crippen molar-refractivity contribution >= 4 is 10.8 Å². The van der Waals surface area contributed by atoms with E-state index in [0.717, 1.165) is 29.3 Å². The number of hydrogen-bond acceptors (Lipinski definition) is 5. The zero-order chi connectivity index (χ0) is 13.5. The van der Waals surface area contributed by atoms with Crippen LogP contribution < -0.4 is 5.73 Å². The molecule has 1 aromatic carbocycles. The fourth-order valence-corrected chi connectivity index (χ4v) is 2.42. The average molecular weight is 266 g/mol. The maximum atomic E-state index is 6.09. The Morgan fingerprint density at radius 3 is 2.90 bits per heavy atom. The van der Waals surface area contributed by atoms with E-state index < -0.39 is 0 Å². The van der Waals surface area contributed by atoms with E-state index in [1.54, 1.807) is 6.20 Å². The minimum absolute atomic E-state index is 0.147. The Labute approximate surface area is 115 Å². The molecule has 3 aromatic rings. The van der Waals surface area contributed by atoms with Gasteiger partial charge in [-0.2, -0.15) is 4.98 Å². The minimum Gasteiger partial charge on any atom is -0.337 e. The van der Waals surface area contributed by atoms with E-state index in [1.165, 1.54) is 0 Å². The molecule has 0 aliphatic heterocycles. The van der Waals surface area contributed by atoms with Crippen molar-refractivity contribution in [3.63, 3.8) is 0 Å². The number of hydrogen-bond donors (Lipinski definition) is 1. The summed E-state index contributed by atoms with van der Waals surface area (Å²) in [6.45, 7) is 0. The average Bonchev–Trinajstić information content (AvgIpc) is 3.23. The van der Waals surface area contributed by atoms with Gasteiger partial charge in [0.25, 0.3) is 0 Å². The smallest absolute Gasteiger partial charge is 0.244 e. The molecule has 100 valence electrons. The monoisotopic (exact) mass is 266 g/mol. The fourth-order valence-electron chi connectivity index (χ4n) is 2.42. The number of aromatic nitrogens is 3. The van der Waals surface area contributed by atoms with Gasteiger partial charge in [0.2, 0.25) is 11.7 Å². The van der Waals surface area contributed by atoms with Crippen molar-refractivity contribution in [2.24, 2.45) is 11.7 Å². The molecule has 0 saturated heterocycles. The zero-order valence-electron chi connectivity index (χ0n) is 10.9. The van der Waals surface area contributed by atoms with Crippen LogP contribution in [0.2, 0.25) is 0 Å². The van der Waals surface area contributed by atoms with Gasteiger partial charge in [0.1, 0.15) is 5.69 Å². The summed E-state index contributed by atoms with van der Waals surface area (Å²) in [4.78, 5) is 8.81. The van der Waals surface area contributed by atoms with Crippen LogP contribution in [0.3, 0.4) is 0 Å². The number of nitrogens with zero attached hydrogens (tertiary/aromatic N) is 3. The van der Waals surface area contributed by atoms with Gasteiger partial charge in [0.15, 0.2) is 0 Å². The summed E-state index contributed by atoms with van der Waals surface area (Å²) in [5, 5.41) is 6.16. The topological polar surface area (TPSA) is 77.8 Å². The van der Waals surface area contributed by atoms with Gasteiger partial charge in [-0.25, -0.2) is 0 Å². The summed E-state index contributed by atoms with van der Waals surface area (Å²) in [5.41, 5.74) is 6.82. The van der Waals surface area contributed by atoms with Crippen molar-refractivity contribution in [1.29, 1.82) is 0 Å². The van der Waals surface area contributed by atoms with Gasteiger partial charge in [0, 0.05) is 11.6 Å². The first-order chi connectivity index (χ1) is 9.83. The first-order valence-electron chi connectivity index (χ1n) is 6.76. The lowest BCUT2D eigenvalue weighted by atomic mass is 10.1. The van der Waals surface area contributed by atoms with Gasteiger partial charge in [-0.15, -0.1) is 0 Å². The molecule has 1 aliphatic rings. The van der Waals surface area contributed by atoms with E-state index in [-0.39, 0.29) is 6.04 Å². The molecule has 4 rings (SSSR count). The molecule has 1 aliphatic carbocycles. The molecule has 0 bridgehead atoms. The van der Waals surface area contributed by atoms with Gasteiger partial charge in [-0.05, 0) is 30.2 Å². The highest BCUT2D eigenvalue weighted by Gasteiger charge is 2.33. The van der Waals surface area contributed by atoms with Crippen LogP contribution in [-0.4, -0.2) is 15.1 Å². The Bertz CT molecular complexity index is 758. The van der Waals surface area contributed by atoms with Crippen molar-refractivity contribution < 1.29 is 4.52 Å². The van der Waals surface area contributed by atoms with Crippen LogP contribution in [0.15, 0.2) is 41.1 Å². The van der Waals surface area contributed by atoms with Crippen molar-refractivity contribution in [2.75, 3.05) is 0 Å². The normalized spacial score (nSPS) is 16.4. The van der Waals surface area contributed by atoms with E-state index in [2.05, 4.69) is 15.1 Å². The van der Waals surface area contributed by atoms with Crippen molar-refractivity contribution in [3.05, 3.63) is 42.4 Å². The van der Waals surface area contributed by atoms with E-state index in [4.69, 9.17) is 10.3 Å². The second kappa shape index (κ2) is 4.38. The van der Waals surface area contributed by atoms with Gasteiger partial charge in [-0.3, -0.25) is 4.98 Å². The Morgan fingerprint density at radius 1 is 1.20 bits per heavy atom. The number of fused-ring (bicyclic) bond motifs is 1. The Morgan fingerprint density at radius 2 is 2.05 bits per heavy atom. The van der Waals surface area contributed by atoms with E-state index in [9.17, 15) is 0 Å². The lowest BCUT2D eigenvalue weighted by Crippen LogP contribution is -2.12. The molecular weight excluding hydrogens is 252 g/mol. The minimum atomic E-state index is -0.147. The predicted molar refractivity (Wildman–Crippen MR) is 74.7 cm³/mol. The number of pyridine rings is 1. The highest BCUT2D eigenvalue weighted by molar-refractivity contribution is 5.92. The Balaban J connectivity index is 1.79. The lowest BCUT2D eigenvalue weighted by molar-refractivity contribution is 0.343. The van der Waals surface area contributed by atoms with Crippen LogP contribution >= 0.6 is 0 Å². The maximum Gasteiger partial charge on any atom is 0.244 e. The highest BCUT2D eigenvalue weighted by atomic mass is 16.5. The second-order valence-corrected chi connectivity index (χ2v) is 5.20. The summed E-state index contributed by atoms with van der Waals surface area (Å²) < 4.78 is 5.30. The fraction of sp³-hybridized carbons (Fsp3) is 0.267. The van der Waals surface area contributed by atoms with Crippen molar-refractivity contribution in [2.45, 2.75) is 18.9 Å². The largest absolute Gasteiger partial charge is 0.337 e. The van der Waals surface area contributed by atoms with Crippen LogP contribution in [0.1, 0.15) is 24.8 Å². The Hall–Kier alpha value is -2.27. The summed E-state index contributed by atoms with van der Waals surface area (Å²) in [7, 11) is 0. The van der Waals surface area contributed by atoms with E-state index >= 15 is 0 Å². The molecule has 1 unspecified atom stereocenters. The van der Waals surface area contributed by atoms with Gasteiger partial charge in [-0.1, -0.05) is 29.4 Å². The second-order valence-electron chi connectivity index (χ2n) is 5.20. The molecule has 2 aromatic heterocycles. The molecule has 1 fully saturated rings. The third-order valence-electron chi connectivity index (χ3n) is 3.74. The number of benzene rings is 1. The third-order valence-corrected chi connectivity index (χ3v) is 3.74. The van der Waals surface area contributed by atoms with E-state index in [1.807, 2.05) is 30.3 Å². The molecule has 5 nitrogen and oxygen atoms in total. The summed E-state index contributed by atoms with van der Waals surface area (Å²) in [5.74, 6) is 1.51. The van der Waals surface area contributed by atoms with Gasteiger partial charge >= 0.3 is 0 Å². The van der Waals surface area contributed by atoms with Crippen LogP contribution in [0.5, 0.6) is 0 Å². The summed E-state index contributed by atoms with van der Waals surface area (Å²) in [6, 6.07) is 9.84. The molecule has 0 amide bonds. The van der Waals surface area contributed by atoms with E-state index in [0.29, 0.717) is 17.6 Å². The maximum absolute atomic E-state index is 6.09. The molecule has 1 atom stereocenters. The van der Waals surface area contributed by atoms with Crippen LogP contribution in [0.4, 0.5) is 0 Å². The SMILES string of the molecule is NC(c1nc(-c2nccc3ccccc23)no1)C1CC1.